The van der Waals surface area contributed by atoms with E-state index in [2.05, 4.69) is 9.97 Å². The number of carboxylic acids is 1. The standard InChI is InChI=1S/C10H14N2O3/c1-6-7(2)11-10(15)12-8(6)4-3-5-9(13)14/h3-5H2,1-2H3,(H,13,14)(H,11,12,15). The Balaban J connectivity index is 2.76. The summed E-state index contributed by atoms with van der Waals surface area (Å²) in [6.45, 7) is 3.67. The van der Waals surface area contributed by atoms with E-state index in [0.29, 0.717) is 18.5 Å². The fourth-order valence-electron chi connectivity index (χ4n) is 1.36. The van der Waals surface area contributed by atoms with Gasteiger partial charge in [-0.05, 0) is 32.3 Å². The minimum atomic E-state index is -0.825. The van der Waals surface area contributed by atoms with Crippen molar-refractivity contribution in [3.63, 3.8) is 0 Å². The number of rotatable bonds is 4. The second kappa shape index (κ2) is 4.72. The Labute approximate surface area is 87.2 Å². The third kappa shape index (κ3) is 3.19. The molecule has 0 unspecified atom stereocenters. The van der Waals surface area contributed by atoms with Crippen LogP contribution in [0, 0.1) is 13.8 Å². The summed E-state index contributed by atoms with van der Waals surface area (Å²) in [6, 6.07) is 0. The van der Waals surface area contributed by atoms with Crippen LogP contribution in [0.25, 0.3) is 0 Å². The molecule has 0 atom stereocenters. The van der Waals surface area contributed by atoms with Crippen LogP contribution in [-0.2, 0) is 11.2 Å². The van der Waals surface area contributed by atoms with E-state index in [-0.39, 0.29) is 12.1 Å². The number of aromatic amines is 1. The Morgan fingerprint density at radius 1 is 1.47 bits per heavy atom. The Bertz CT molecular complexity index is 423. The van der Waals surface area contributed by atoms with Gasteiger partial charge in [0.2, 0.25) is 0 Å². The molecule has 5 nitrogen and oxygen atoms in total. The van der Waals surface area contributed by atoms with Gasteiger partial charge in [-0.25, -0.2) is 4.79 Å². The first-order valence-electron chi connectivity index (χ1n) is 4.79. The number of carbonyl (C=O) groups is 1. The molecule has 0 spiro atoms. The summed E-state index contributed by atoms with van der Waals surface area (Å²) in [5, 5.41) is 8.48. The quantitative estimate of drug-likeness (QED) is 0.769. The van der Waals surface area contributed by atoms with Gasteiger partial charge in [-0.2, -0.15) is 4.98 Å². The fraction of sp³-hybridized carbons (Fsp3) is 0.500. The molecule has 0 fully saturated rings. The van der Waals surface area contributed by atoms with E-state index in [4.69, 9.17) is 5.11 Å². The van der Waals surface area contributed by atoms with Crippen LogP contribution in [0.5, 0.6) is 0 Å². The van der Waals surface area contributed by atoms with Crippen molar-refractivity contribution in [2.75, 3.05) is 0 Å². The van der Waals surface area contributed by atoms with E-state index in [1.165, 1.54) is 0 Å². The molecule has 0 aliphatic heterocycles. The van der Waals surface area contributed by atoms with Crippen molar-refractivity contribution in [2.45, 2.75) is 33.1 Å². The summed E-state index contributed by atoms with van der Waals surface area (Å²) in [4.78, 5) is 27.8. The van der Waals surface area contributed by atoms with Crippen LogP contribution in [0.3, 0.4) is 0 Å². The van der Waals surface area contributed by atoms with Crippen molar-refractivity contribution in [1.82, 2.24) is 9.97 Å². The molecule has 0 saturated heterocycles. The summed E-state index contributed by atoms with van der Waals surface area (Å²) < 4.78 is 0. The Morgan fingerprint density at radius 3 is 2.73 bits per heavy atom. The lowest BCUT2D eigenvalue weighted by atomic mass is 10.1. The molecule has 0 bridgehead atoms. The van der Waals surface area contributed by atoms with Gasteiger partial charge in [0.05, 0.1) is 5.69 Å². The maximum atomic E-state index is 11.1. The highest BCUT2D eigenvalue weighted by Crippen LogP contribution is 2.08. The van der Waals surface area contributed by atoms with Gasteiger partial charge in [0.1, 0.15) is 0 Å². The number of hydrogen-bond donors (Lipinski definition) is 2. The third-order valence-corrected chi connectivity index (χ3v) is 2.33. The predicted molar refractivity (Wildman–Crippen MR) is 54.9 cm³/mol. The zero-order valence-electron chi connectivity index (χ0n) is 8.83. The van der Waals surface area contributed by atoms with E-state index >= 15 is 0 Å². The highest BCUT2D eigenvalue weighted by Gasteiger charge is 2.06. The molecule has 1 aromatic heterocycles. The molecule has 0 radical (unpaired) electrons. The van der Waals surface area contributed by atoms with Gasteiger partial charge in [-0.3, -0.25) is 4.79 Å². The Morgan fingerprint density at radius 2 is 2.13 bits per heavy atom. The molecule has 0 saturated carbocycles. The zero-order valence-corrected chi connectivity index (χ0v) is 8.83. The molecular formula is C10H14N2O3. The highest BCUT2D eigenvalue weighted by atomic mass is 16.4. The first kappa shape index (κ1) is 11.4. The van der Waals surface area contributed by atoms with E-state index in [1.807, 2.05) is 6.92 Å². The predicted octanol–water partition coefficient (Wildman–Crippen LogP) is 0.794. The first-order chi connectivity index (χ1) is 7.00. The topological polar surface area (TPSA) is 83.0 Å². The Hall–Kier alpha value is -1.65. The number of H-pyrrole nitrogens is 1. The summed E-state index contributed by atoms with van der Waals surface area (Å²) in [7, 11) is 0. The van der Waals surface area contributed by atoms with E-state index < -0.39 is 5.97 Å². The molecule has 0 aromatic carbocycles. The minimum Gasteiger partial charge on any atom is -0.481 e. The molecule has 2 N–H and O–H groups in total. The van der Waals surface area contributed by atoms with E-state index in [9.17, 15) is 9.59 Å². The molecular weight excluding hydrogens is 196 g/mol. The van der Waals surface area contributed by atoms with Crippen LogP contribution < -0.4 is 5.69 Å². The molecule has 15 heavy (non-hydrogen) atoms. The van der Waals surface area contributed by atoms with Gasteiger partial charge < -0.3 is 10.1 Å². The molecule has 1 heterocycles. The van der Waals surface area contributed by atoms with Crippen molar-refractivity contribution in [3.8, 4) is 0 Å². The summed E-state index contributed by atoms with van der Waals surface area (Å²) >= 11 is 0. The number of carboxylic acid groups (broad SMARTS) is 1. The largest absolute Gasteiger partial charge is 0.481 e. The minimum absolute atomic E-state index is 0.104. The zero-order chi connectivity index (χ0) is 11.4. The van der Waals surface area contributed by atoms with Crippen LogP contribution in [0.4, 0.5) is 0 Å². The molecule has 0 aliphatic carbocycles. The monoisotopic (exact) mass is 210 g/mol. The second-order valence-corrected chi connectivity index (χ2v) is 3.49. The summed E-state index contributed by atoms with van der Waals surface area (Å²) in [6.07, 6.45) is 1.14. The van der Waals surface area contributed by atoms with Crippen molar-refractivity contribution in [1.29, 1.82) is 0 Å². The average Bonchev–Trinajstić information content (AvgIpc) is 2.12. The smallest absolute Gasteiger partial charge is 0.345 e. The van der Waals surface area contributed by atoms with Crippen LogP contribution in [0.1, 0.15) is 29.8 Å². The van der Waals surface area contributed by atoms with Crippen molar-refractivity contribution < 1.29 is 9.90 Å². The summed E-state index contributed by atoms with van der Waals surface area (Å²) in [5.74, 6) is -0.825. The lowest BCUT2D eigenvalue weighted by Crippen LogP contribution is -2.16. The number of nitrogens with zero attached hydrogens (tertiary/aromatic N) is 1. The molecule has 82 valence electrons. The van der Waals surface area contributed by atoms with E-state index in [1.54, 1.807) is 6.92 Å². The van der Waals surface area contributed by atoms with Gasteiger partial charge >= 0.3 is 11.7 Å². The third-order valence-electron chi connectivity index (χ3n) is 2.33. The summed E-state index contributed by atoms with van der Waals surface area (Å²) in [5.41, 5.74) is 2.04. The Kier molecular flexibility index (Phi) is 3.60. The van der Waals surface area contributed by atoms with Gasteiger partial charge in [-0.15, -0.1) is 0 Å². The van der Waals surface area contributed by atoms with Crippen molar-refractivity contribution >= 4 is 5.97 Å². The number of aliphatic carboxylic acids is 1. The van der Waals surface area contributed by atoms with Crippen LogP contribution in [0.2, 0.25) is 0 Å². The van der Waals surface area contributed by atoms with Gasteiger partial charge in [0.25, 0.3) is 0 Å². The van der Waals surface area contributed by atoms with Gasteiger partial charge in [0, 0.05) is 12.1 Å². The SMILES string of the molecule is Cc1[nH]c(=O)nc(CCCC(=O)O)c1C. The molecule has 5 heteroatoms. The maximum Gasteiger partial charge on any atom is 0.345 e. The lowest BCUT2D eigenvalue weighted by molar-refractivity contribution is -0.137. The number of aromatic nitrogens is 2. The fourth-order valence-corrected chi connectivity index (χ4v) is 1.36. The van der Waals surface area contributed by atoms with Crippen molar-refractivity contribution in [3.05, 3.63) is 27.4 Å². The van der Waals surface area contributed by atoms with Gasteiger partial charge in [0.15, 0.2) is 0 Å². The van der Waals surface area contributed by atoms with Gasteiger partial charge in [-0.1, -0.05) is 0 Å². The number of aryl methyl sites for hydroxylation is 2. The number of hydrogen-bond acceptors (Lipinski definition) is 3. The van der Waals surface area contributed by atoms with Crippen molar-refractivity contribution in [2.24, 2.45) is 0 Å². The number of nitrogens with one attached hydrogen (secondary N) is 1. The van der Waals surface area contributed by atoms with Crippen LogP contribution in [0.15, 0.2) is 4.79 Å². The lowest BCUT2D eigenvalue weighted by Gasteiger charge is -2.05. The maximum absolute atomic E-state index is 11.1. The average molecular weight is 210 g/mol. The molecule has 1 aromatic rings. The molecule has 0 aliphatic rings. The normalized spacial score (nSPS) is 10.3. The highest BCUT2D eigenvalue weighted by molar-refractivity contribution is 5.66. The molecule has 1 rings (SSSR count). The van der Waals surface area contributed by atoms with Crippen LogP contribution in [-0.4, -0.2) is 21.0 Å². The van der Waals surface area contributed by atoms with Crippen LogP contribution >= 0.6 is 0 Å². The first-order valence-corrected chi connectivity index (χ1v) is 4.79. The molecule has 0 amide bonds. The second-order valence-electron chi connectivity index (χ2n) is 3.49. The van der Waals surface area contributed by atoms with E-state index in [0.717, 1.165) is 11.3 Å².